The Morgan fingerprint density at radius 2 is 1.75 bits per heavy atom. The Hall–Kier alpha value is -0.820. The van der Waals surface area contributed by atoms with Crippen molar-refractivity contribution in [3.05, 3.63) is 35.4 Å². The van der Waals surface area contributed by atoms with E-state index < -0.39 is 0 Å². The summed E-state index contributed by atoms with van der Waals surface area (Å²) in [6.45, 7) is 10.4. The molecule has 1 heteroatoms. The molecule has 110 valence electrons. The summed E-state index contributed by atoms with van der Waals surface area (Å²) in [4.78, 5) is 0. The lowest BCUT2D eigenvalue weighted by Crippen LogP contribution is -2.65. The summed E-state index contributed by atoms with van der Waals surface area (Å²) in [5, 5.41) is 3.90. The van der Waals surface area contributed by atoms with Crippen LogP contribution in [0.5, 0.6) is 0 Å². The molecule has 1 nitrogen and oxygen atoms in total. The van der Waals surface area contributed by atoms with Crippen LogP contribution in [0.1, 0.15) is 70.9 Å². The summed E-state index contributed by atoms with van der Waals surface area (Å²) >= 11 is 0. The van der Waals surface area contributed by atoms with Gasteiger partial charge in [0.2, 0.25) is 0 Å². The molecular formula is C19H29N. The summed E-state index contributed by atoms with van der Waals surface area (Å²) in [6.07, 6.45) is 6.77. The van der Waals surface area contributed by atoms with Crippen LogP contribution in [-0.2, 0) is 11.0 Å². The molecule has 1 N–H and O–H groups in total. The van der Waals surface area contributed by atoms with Crippen molar-refractivity contribution in [2.45, 2.75) is 70.8 Å². The van der Waals surface area contributed by atoms with Gasteiger partial charge in [-0.3, -0.25) is 0 Å². The van der Waals surface area contributed by atoms with E-state index in [0.717, 1.165) is 0 Å². The predicted molar refractivity (Wildman–Crippen MR) is 86.0 cm³/mol. The van der Waals surface area contributed by atoms with E-state index in [1.54, 1.807) is 0 Å². The first-order valence-corrected chi connectivity index (χ1v) is 8.30. The average molecular weight is 271 g/mol. The lowest BCUT2D eigenvalue weighted by Gasteiger charge is -2.63. The van der Waals surface area contributed by atoms with Gasteiger partial charge in [0.05, 0.1) is 0 Å². The van der Waals surface area contributed by atoms with E-state index in [9.17, 15) is 0 Å². The van der Waals surface area contributed by atoms with Crippen LogP contribution >= 0.6 is 0 Å². The number of piperidine rings is 1. The van der Waals surface area contributed by atoms with Gasteiger partial charge in [-0.2, -0.15) is 0 Å². The molecule has 20 heavy (non-hydrogen) atoms. The fourth-order valence-electron chi connectivity index (χ4n) is 4.53. The number of fused-ring (bicyclic) bond motifs is 1. The van der Waals surface area contributed by atoms with Gasteiger partial charge >= 0.3 is 0 Å². The van der Waals surface area contributed by atoms with Gasteiger partial charge in [-0.15, -0.1) is 0 Å². The fourth-order valence-corrected chi connectivity index (χ4v) is 4.53. The molecule has 1 saturated carbocycles. The molecule has 2 aliphatic rings. The highest BCUT2D eigenvalue weighted by Gasteiger charge is 2.59. The monoisotopic (exact) mass is 271 g/mol. The van der Waals surface area contributed by atoms with E-state index in [2.05, 4.69) is 57.3 Å². The molecule has 0 amide bonds. The van der Waals surface area contributed by atoms with Gasteiger partial charge in [0, 0.05) is 5.54 Å². The van der Waals surface area contributed by atoms with Crippen molar-refractivity contribution in [2.24, 2.45) is 5.41 Å². The third-order valence-corrected chi connectivity index (χ3v) is 6.06. The average Bonchev–Trinajstić information content (AvgIpc) is 2.40. The van der Waals surface area contributed by atoms with Gasteiger partial charge in [-0.05, 0) is 60.6 Å². The first-order chi connectivity index (χ1) is 9.44. The van der Waals surface area contributed by atoms with Crippen LogP contribution in [-0.4, -0.2) is 6.54 Å². The molecule has 3 rings (SSSR count). The third-order valence-electron chi connectivity index (χ3n) is 6.06. The van der Waals surface area contributed by atoms with Gasteiger partial charge in [-0.1, -0.05) is 52.0 Å². The highest BCUT2D eigenvalue weighted by atomic mass is 15.0. The molecule has 2 fully saturated rings. The maximum Gasteiger partial charge on any atom is 0.0491 e. The van der Waals surface area contributed by atoms with Crippen molar-refractivity contribution in [2.75, 3.05) is 6.54 Å². The van der Waals surface area contributed by atoms with E-state index in [1.165, 1.54) is 49.8 Å². The second kappa shape index (κ2) is 4.59. The molecule has 1 aliphatic heterocycles. The molecule has 0 unspecified atom stereocenters. The highest BCUT2D eigenvalue weighted by molar-refractivity contribution is 5.36. The van der Waals surface area contributed by atoms with Crippen LogP contribution in [0.3, 0.4) is 0 Å². The molecular weight excluding hydrogens is 242 g/mol. The van der Waals surface area contributed by atoms with E-state index >= 15 is 0 Å². The molecule has 1 aromatic rings. The number of benzene rings is 1. The van der Waals surface area contributed by atoms with Crippen molar-refractivity contribution >= 4 is 0 Å². The number of hydrogen-bond donors (Lipinski definition) is 1. The summed E-state index contributed by atoms with van der Waals surface area (Å²) in [6, 6.07) is 9.48. The quantitative estimate of drug-likeness (QED) is 0.818. The first kappa shape index (κ1) is 14.1. The topological polar surface area (TPSA) is 12.0 Å². The van der Waals surface area contributed by atoms with E-state index in [0.29, 0.717) is 5.41 Å². The van der Waals surface area contributed by atoms with Gasteiger partial charge < -0.3 is 5.32 Å². The fraction of sp³-hybridized carbons (Fsp3) is 0.684. The van der Waals surface area contributed by atoms with E-state index in [1.807, 2.05) is 0 Å². The molecule has 0 aromatic heterocycles. The van der Waals surface area contributed by atoms with Crippen molar-refractivity contribution in [1.29, 1.82) is 0 Å². The number of hydrogen-bond acceptors (Lipinski definition) is 1. The predicted octanol–water partition coefficient (Wildman–Crippen LogP) is 4.75. The minimum atomic E-state index is 0.248. The Kier molecular flexibility index (Phi) is 3.25. The molecule has 0 radical (unpaired) electrons. The largest absolute Gasteiger partial charge is 0.307 e. The van der Waals surface area contributed by atoms with E-state index in [4.69, 9.17) is 0 Å². The second-order valence-corrected chi connectivity index (χ2v) is 7.90. The summed E-state index contributed by atoms with van der Waals surface area (Å²) in [5.74, 6) is 0. The zero-order chi connectivity index (χ0) is 14.4. The van der Waals surface area contributed by atoms with Crippen LogP contribution < -0.4 is 5.32 Å². The number of rotatable bonds is 2. The van der Waals surface area contributed by atoms with E-state index in [-0.39, 0.29) is 11.0 Å². The Morgan fingerprint density at radius 1 is 1.05 bits per heavy atom. The van der Waals surface area contributed by atoms with Crippen LogP contribution in [0.25, 0.3) is 0 Å². The smallest absolute Gasteiger partial charge is 0.0491 e. The normalized spacial score (nSPS) is 33.4. The van der Waals surface area contributed by atoms with Crippen LogP contribution in [0, 0.1) is 5.41 Å². The standard InChI is InChI=1S/C19H29N/c1-5-18-11-6-14-20-19(18,13-12-18)16-9-7-15(8-10-16)17(2,3)4/h7-10,20H,5-6,11-14H2,1-4H3/t18-,19-/m0/s1. The molecule has 0 bridgehead atoms. The summed E-state index contributed by atoms with van der Waals surface area (Å²) in [5.41, 5.74) is 4.01. The number of nitrogens with one attached hydrogen (secondary N) is 1. The highest BCUT2D eigenvalue weighted by Crippen LogP contribution is 2.62. The van der Waals surface area contributed by atoms with Crippen LogP contribution in [0.2, 0.25) is 0 Å². The molecule has 0 spiro atoms. The van der Waals surface area contributed by atoms with Crippen molar-refractivity contribution < 1.29 is 0 Å². The Labute approximate surface area is 124 Å². The maximum absolute atomic E-state index is 3.90. The Morgan fingerprint density at radius 3 is 2.25 bits per heavy atom. The summed E-state index contributed by atoms with van der Waals surface area (Å²) in [7, 11) is 0. The van der Waals surface area contributed by atoms with Gasteiger partial charge in [0.15, 0.2) is 0 Å². The minimum Gasteiger partial charge on any atom is -0.307 e. The molecule has 2 atom stereocenters. The Balaban J connectivity index is 1.95. The molecule has 1 heterocycles. The SMILES string of the molecule is CC[C@@]12CCCN[C@]1(c1ccc(C(C)(C)C)cc1)CC2. The first-order valence-electron chi connectivity index (χ1n) is 8.30. The third kappa shape index (κ3) is 1.86. The van der Waals surface area contributed by atoms with Crippen molar-refractivity contribution in [3.63, 3.8) is 0 Å². The molecule has 1 saturated heterocycles. The van der Waals surface area contributed by atoms with Crippen LogP contribution in [0.4, 0.5) is 0 Å². The van der Waals surface area contributed by atoms with Crippen molar-refractivity contribution in [1.82, 2.24) is 5.32 Å². The van der Waals surface area contributed by atoms with Crippen molar-refractivity contribution in [3.8, 4) is 0 Å². The maximum atomic E-state index is 3.90. The van der Waals surface area contributed by atoms with Gasteiger partial charge in [0.25, 0.3) is 0 Å². The second-order valence-electron chi connectivity index (χ2n) is 7.90. The molecule has 1 aromatic carbocycles. The zero-order valence-electron chi connectivity index (χ0n) is 13.6. The van der Waals surface area contributed by atoms with Gasteiger partial charge in [0.1, 0.15) is 0 Å². The van der Waals surface area contributed by atoms with Crippen LogP contribution in [0.15, 0.2) is 24.3 Å². The lowest BCUT2D eigenvalue weighted by atomic mass is 9.48. The molecule has 1 aliphatic carbocycles. The van der Waals surface area contributed by atoms with Gasteiger partial charge in [-0.25, -0.2) is 0 Å². The summed E-state index contributed by atoms with van der Waals surface area (Å²) < 4.78 is 0. The minimum absolute atomic E-state index is 0.248. The Bertz CT molecular complexity index is 477. The lowest BCUT2D eigenvalue weighted by molar-refractivity contribution is -0.0714. The zero-order valence-corrected chi connectivity index (χ0v) is 13.6.